The van der Waals surface area contributed by atoms with Gasteiger partial charge in [-0.3, -0.25) is 9.59 Å². The van der Waals surface area contributed by atoms with Gasteiger partial charge in [-0.25, -0.2) is 0 Å². The molecule has 0 aliphatic carbocycles. The van der Waals surface area contributed by atoms with Crippen molar-refractivity contribution in [1.29, 1.82) is 0 Å². The third-order valence-electron chi connectivity index (χ3n) is 6.52. The molecule has 1 N–H and O–H groups in total. The van der Waals surface area contributed by atoms with E-state index in [0.29, 0.717) is 28.6 Å². The van der Waals surface area contributed by atoms with Crippen LogP contribution in [0.1, 0.15) is 22.7 Å². The Morgan fingerprint density at radius 1 is 0.825 bits per heavy atom. The van der Waals surface area contributed by atoms with Crippen LogP contribution in [0.5, 0.6) is 23.0 Å². The van der Waals surface area contributed by atoms with E-state index in [1.54, 1.807) is 24.1 Å². The van der Waals surface area contributed by atoms with Crippen LogP contribution in [0.15, 0.2) is 103 Å². The van der Waals surface area contributed by atoms with Crippen LogP contribution in [0.3, 0.4) is 0 Å². The maximum absolute atomic E-state index is 13.8. The highest BCUT2D eigenvalue weighted by Crippen LogP contribution is 2.32. The van der Waals surface area contributed by atoms with Crippen molar-refractivity contribution in [3.63, 3.8) is 0 Å². The molecule has 0 saturated heterocycles. The zero-order chi connectivity index (χ0) is 27.7. The van der Waals surface area contributed by atoms with Gasteiger partial charge in [0.15, 0.2) is 18.1 Å². The number of methoxy groups -OCH3 is 1. The minimum absolute atomic E-state index is 0.175. The van der Waals surface area contributed by atoms with Gasteiger partial charge in [-0.15, -0.1) is 0 Å². The Morgan fingerprint density at radius 3 is 2.23 bits per heavy atom. The molecule has 0 radical (unpaired) electrons. The Labute approximate surface area is 233 Å². The normalized spacial score (nSPS) is 12.3. The Hall–Kier alpha value is -4.98. The summed E-state index contributed by atoms with van der Waals surface area (Å²) < 4.78 is 21.9. The third-order valence-corrected chi connectivity index (χ3v) is 6.52. The van der Waals surface area contributed by atoms with Gasteiger partial charge >= 0.3 is 0 Å². The van der Waals surface area contributed by atoms with E-state index in [2.05, 4.69) is 5.32 Å². The molecule has 0 unspecified atom stereocenters. The van der Waals surface area contributed by atoms with E-state index in [1.165, 1.54) is 0 Å². The highest BCUT2D eigenvalue weighted by molar-refractivity contribution is 5.89. The van der Waals surface area contributed by atoms with Crippen molar-refractivity contribution in [2.45, 2.75) is 19.1 Å². The van der Waals surface area contributed by atoms with Crippen molar-refractivity contribution in [1.82, 2.24) is 10.2 Å². The highest BCUT2D eigenvalue weighted by atomic mass is 16.7. The summed E-state index contributed by atoms with van der Waals surface area (Å²) >= 11 is 0. The molecule has 0 spiro atoms. The molecular weight excluding hydrogens is 508 g/mol. The average molecular weight is 539 g/mol. The quantitative estimate of drug-likeness (QED) is 0.293. The van der Waals surface area contributed by atoms with Crippen LogP contribution in [0.25, 0.3) is 0 Å². The average Bonchev–Trinajstić information content (AvgIpc) is 3.48. The number of rotatable bonds is 11. The van der Waals surface area contributed by atoms with Crippen LogP contribution >= 0.6 is 0 Å². The van der Waals surface area contributed by atoms with Crippen LogP contribution in [-0.4, -0.2) is 37.2 Å². The number of hydrogen-bond acceptors (Lipinski definition) is 6. The summed E-state index contributed by atoms with van der Waals surface area (Å²) in [4.78, 5) is 29.1. The van der Waals surface area contributed by atoms with Crippen molar-refractivity contribution in [3.05, 3.63) is 120 Å². The van der Waals surface area contributed by atoms with Gasteiger partial charge in [-0.1, -0.05) is 66.7 Å². The highest BCUT2D eigenvalue weighted by Gasteiger charge is 2.32. The van der Waals surface area contributed by atoms with Gasteiger partial charge < -0.3 is 29.2 Å². The van der Waals surface area contributed by atoms with Crippen molar-refractivity contribution in [3.8, 4) is 23.0 Å². The Bertz CT molecular complexity index is 1430. The van der Waals surface area contributed by atoms with Crippen molar-refractivity contribution < 1.29 is 28.5 Å². The third kappa shape index (κ3) is 6.53. The van der Waals surface area contributed by atoms with Crippen molar-refractivity contribution in [2.24, 2.45) is 0 Å². The second-order valence-corrected chi connectivity index (χ2v) is 9.19. The number of carbonyl (C=O) groups excluding carboxylic acids is 2. The number of hydrogen-bond donors (Lipinski definition) is 1. The topological polar surface area (TPSA) is 86.3 Å². The largest absolute Gasteiger partial charge is 0.497 e. The van der Waals surface area contributed by atoms with Crippen LogP contribution in [-0.2, 0) is 22.7 Å². The molecular formula is C32H30N2O6. The monoisotopic (exact) mass is 538 g/mol. The standard InChI is InChI=1S/C32H30N2O6/c1-37-26-15-12-23(13-16-26)20-34(30(35)21-38-27-10-6-3-7-11-27)31(25-8-4-2-5-9-25)32(36)33-19-24-14-17-28-29(18-24)40-22-39-28/h2-18,31H,19-22H2,1H3,(H,33,36)/t31-/m0/s1. The maximum atomic E-state index is 13.8. The molecule has 2 amide bonds. The lowest BCUT2D eigenvalue weighted by Crippen LogP contribution is -2.45. The second kappa shape index (κ2) is 12.7. The van der Waals surface area contributed by atoms with Gasteiger partial charge in [0.1, 0.15) is 17.5 Å². The molecule has 40 heavy (non-hydrogen) atoms. The summed E-state index contributed by atoms with van der Waals surface area (Å²) in [6.07, 6.45) is 0. The number of nitrogens with zero attached hydrogens (tertiary/aromatic N) is 1. The summed E-state index contributed by atoms with van der Waals surface area (Å²) in [7, 11) is 1.60. The molecule has 1 aliphatic heterocycles. The van der Waals surface area contributed by atoms with E-state index < -0.39 is 6.04 Å². The predicted octanol–water partition coefficient (Wildman–Crippen LogP) is 4.89. The minimum Gasteiger partial charge on any atom is -0.497 e. The first-order valence-corrected chi connectivity index (χ1v) is 12.9. The van der Waals surface area contributed by atoms with E-state index in [0.717, 1.165) is 11.1 Å². The fourth-order valence-electron chi connectivity index (χ4n) is 4.44. The lowest BCUT2D eigenvalue weighted by molar-refractivity contribution is -0.143. The van der Waals surface area contributed by atoms with Crippen molar-refractivity contribution in [2.75, 3.05) is 20.5 Å². The van der Waals surface area contributed by atoms with E-state index in [9.17, 15) is 9.59 Å². The molecule has 1 atom stereocenters. The van der Waals surface area contributed by atoms with Gasteiger partial charge in [-0.05, 0) is 53.1 Å². The van der Waals surface area contributed by atoms with Gasteiger partial charge in [0.25, 0.3) is 5.91 Å². The van der Waals surface area contributed by atoms with E-state index in [-0.39, 0.29) is 38.3 Å². The Morgan fingerprint density at radius 2 is 1.50 bits per heavy atom. The van der Waals surface area contributed by atoms with E-state index in [4.69, 9.17) is 18.9 Å². The number of carbonyl (C=O) groups is 2. The minimum atomic E-state index is -0.899. The SMILES string of the molecule is COc1ccc(CN(C(=O)COc2ccccc2)[C@H](C(=O)NCc2ccc3c(c2)OCO3)c2ccccc2)cc1. The maximum Gasteiger partial charge on any atom is 0.261 e. The molecule has 0 saturated carbocycles. The smallest absolute Gasteiger partial charge is 0.261 e. The molecule has 1 heterocycles. The van der Waals surface area contributed by atoms with Crippen LogP contribution in [0.2, 0.25) is 0 Å². The molecule has 8 nitrogen and oxygen atoms in total. The summed E-state index contributed by atoms with van der Waals surface area (Å²) in [5.74, 6) is 1.95. The lowest BCUT2D eigenvalue weighted by atomic mass is 10.0. The van der Waals surface area contributed by atoms with Gasteiger partial charge in [-0.2, -0.15) is 0 Å². The van der Waals surface area contributed by atoms with E-state index in [1.807, 2.05) is 91.0 Å². The first-order valence-electron chi connectivity index (χ1n) is 12.9. The fraction of sp³-hybridized carbons (Fsp3) is 0.188. The van der Waals surface area contributed by atoms with Gasteiger partial charge in [0.2, 0.25) is 12.7 Å². The number of benzene rings is 4. The first kappa shape index (κ1) is 26.6. The number of ether oxygens (including phenoxy) is 4. The zero-order valence-corrected chi connectivity index (χ0v) is 22.1. The number of fused-ring (bicyclic) bond motifs is 1. The van der Waals surface area contributed by atoms with Gasteiger partial charge in [0.05, 0.1) is 7.11 Å². The lowest BCUT2D eigenvalue weighted by Gasteiger charge is -2.31. The zero-order valence-electron chi connectivity index (χ0n) is 22.1. The molecule has 5 rings (SSSR count). The van der Waals surface area contributed by atoms with Crippen LogP contribution in [0, 0.1) is 0 Å². The summed E-state index contributed by atoms with van der Waals surface area (Å²) in [6.45, 7) is 0.398. The second-order valence-electron chi connectivity index (χ2n) is 9.19. The molecule has 1 aliphatic rings. The Balaban J connectivity index is 1.41. The molecule has 4 aromatic carbocycles. The molecule has 8 heteroatoms. The van der Waals surface area contributed by atoms with E-state index >= 15 is 0 Å². The van der Waals surface area contributed by atoms with Crippen LogP contribution in [0.4, 0.5) is 0 Å². The van der Waals surface area contributed by atoms with Crippen LogP contribution < -0.4 is 24.3 Å². The molecule has 204 valence electrons. The first-order chi connectivity index (χ1) is 19.6. The Kier molecular flexibility index (Phi) is 8.46. The number of amides is 2. The summed E-state index contributed by atoms with van der Waals surface area (Å²) in [5.41, 5.74) is 2.38. The molecule has 0 bridgehead atoms. The van der Waals surface area contributed by atoms with Gasteiger partial charge in [0, 0.05) is 13.1 Å². The number of nitrogens with one attached hydrogen (secondary N) is 1. The summed E-state index contributed by atoms with van der Waals surface area (Å²) in [5, 5.41) is 3.01. The molecule has 0 fully saturated rings. The number of para-hydroxylation sites is 1. The summed E-state index contributed by atoms with van der Waals surface area (Å²) in [6, 6.07) is 30.4. The van der Waals surface area contributed by atoms with Crippen molar-refractivity contribution >= 4 is 11.8 Å². The fourth-order valence-corrected chi connectivity index (χ4v) is 4.44. The molecule has 0 aromatic heterocycles. The molecule has 4 aromatic rings. The predicted molar refractivity (Wildman–Crippen MR) is 149 cm³/mol.